The number of rotatable bonds is 5. The molecule has 0 saturated heterocycles. The summed E-state index contributed by atoms with van der Waals surface area (Å²) < 4.78 is 25.4. The van der Waals surface area contributed by atoms with Gasteiger partial charge in [0.05, 0.1) is 5.75 Å². The first-order valence-corrected chi connectivity index (χ1v) is 8.07. The van der Waals surface area contributed by atoms with Gasteiger partial charge in [-0.2, -0.15) is 0 Å². The van der Waals surface area contributed by atoms with Gasteiger partial charge in [-0.1, -0.05) is 24.3 Å². The summed E-state index contributed by atoms with van der Waals surface area (Å²) in [7, 11) is -3.21. The van der Waals surface area contributed by atoms with Gasteiger partial charge in [-0.15, -0.1) is 0 Å². The predicted octanol–water partition coefficient (Wildman–Crippen LogP) is 2.62. The van der Waals surface area contributed by atoms with Crippen molar-refractivity contribution in [2.45, 2.75) is 13.3 Å². The van der Waals surface area contributed by atoms with E-state index in [4.69, 9.17) is 5.73 Å². The Labute approximate surface area is 119 Å². The van der Waals surface area contributed by atoms with Crippen molar-refractivity contribution in [3.05, 3.63) is 59.7 Å². The van der Waals surface area contributed by atoms with E-state index < -0.39 is 10.0 Å². The van der Waals surface area contributed by atoms with E-state index in [0.717, 1.165) is 17.7 Å². The molecule has 0 heterocycles. The average molecular weight is 290 g/mol. The number of anilines is 2. The maximum Gasteiger partial charge on any atom is 0.232 e. The van der Waals surface area contributed by atoms with Crippen LogP contribution in [0.1, 0.15) is 18.1 Å². The van der Waals surface area contributed by atoms with Gasteiger partial charge in [-0.05, 0) is 48.7 Å². The van der Waals surface area contributed by atoms with Gasteiger partial charge in [0.15, 0.2) is 0 Å². The number of nitrogen functional groups attached to an aromatic ring is 1. The number of benzene rings is 2. The van der Waals surface area contributed by atoms with Crippen molar-refractivity contribution in [2.75, 3.05) is 16.2 Å². The molecule has 0 amide bonds. The van der Waals surface area contributed by atoms with Crippen LogP contribution in [-0.4, -0.2) is 14.2 Å². The van der Waals surface area contributed by atoms with Crippen molar-refractivity contribution >= 4 is 21.4 Å². The standard InChI is InChI=1S/C15H18N2O2S/c1-2-20(18,19)17-15-9-5-13(6-10-15)11-12-3-7-14(16)8-4-12/h3-10,17H,2,11,16H2,1H3. The minimum Gasteiger partial charge on any atom is -0.399 e. The molecule has 0 fully saturated rings. The molecule has 0 aromatic heterocycles. The molecule has 2 aromatic rings. The molecular formula is C15H18N2O2S. The van der Waals surface area contributed by atoms with Crippen molar-refractivity contribution in [3.8, 4) is 0 Å². The summed E-state index contributed by atoms with van der Waals surface area (Å²) in [4.78, 5) is 0. The molecule has 2 rings (SSSR count). The molecule has 0 aliphatic rings. The summed E-state index contributed by atoms with van der Waals surface area (Å²) in [5.74, 6) is 0.0696. The molecule has 0 spiro atoms. The van der Waals surface area contributed by atoms with Gasteiger partial charge in [0.25, 0.3) is 0 Å². The van der Waals surface area contributed by atoms with Gasteiger partial charge >= 0.3 is 0 Å². The molecule has 0 aliphatic heterocycles. The fourth-order valence-electron chi connectivity index (χ4n) is 1.81. The highest BCUT2D eigenvalue weighted by Gasteiger charge is 2.06. The van der Waals surface area contributed by atoms with Crippen LogP contribution in [-0.2, 0) is 16.4 Å². The second-order valence-electron chi connectivity index (χ2n) is 4.62. The molecule has 2 aromatic carbocycles. The highest BCUT2D eigenvalue weighted by Crippen LogP contribution is 2.15. The average Bonchev–Trinajstić information content (AvgIpc) is 2.43. The van der Waals surface area contributed by atoms with E-state index in [1.54, 1.807) is 19.1 Å². The number of sulfonamides is 1. The smallest absolute Gasteiger partial charge is 0.232 e. The fourth-order valence-corrected chi connectivity index (χ4v) is 2.45. The lowest BCUT2D eigenvalue weighted by atomic mass is 10.0. The third-order valence-corrected chi connectivity index (χ3v) is 4.30. The molecule has 4 nitrogen and oxygen atoms in total. The first-order chi connectivity index (χ1) is 9.48. The SMILES string of the molecule is CCS(=O)(=O)Nc1ccc(Cc2ccc(N)cc2)cc1. The van der Waals surface area contributed by atoms with Gasteiger partial charge in [-0.3, -0.25) is 4.72 Å². The maximum absolute atomic E-state index is 11.5. The van der Waals surface area contributed by atoms with E-state index in [1.165, 1.54) is 5.56 Å². The van der Waals surface area contributed by atoms with Crippen LogP contribution in [0.2, 0.25) is 0 Å². The Kier molecular flexibility index (Phi) is 4.29. The molecule has 0 bridgehead atoms. The molecule has 0 atom stereocenters. The van der Waals surface area contributed by atoms with Crippen LogP contribution in [0.5, 0.6) is 0 Å². The lowest BCUT2D eigenvalue weighted by Crippen LogP contribution is -2.14. The second-order valence-corrected chi connectivity index (χ2v) is 6.63. The van der Waals surface area contributed by atoms with Gasteiger partial charge < -0.3 is 5.73 Å². The first kappa shape index (κ1) is 14.4. The van der Waals surface area contributed by atoms with E-state index in [1.807, 2.05) is 36.4 Å². The first-order valence-electron chi connectivity index (χ1n) is 6.42. The van der Waals surface area contributed by atoms with Crippen LogP contribution >= 0.6 is 0 Å². The monoisotopic (exact) mass is 290 g/mol. The van der Waals surface area contributed by atoms with Crippen molar-refractivity contribution in [3.63, 3.8) is 0 Å². The van der Waals surface area contributed by atoms with Crippen LogP contribution in [0, 0.1) is 0 Å². The summed E-state index contributed by atoms with van der Waals surface area (Å²) in [6, 6.07) is 15.1. The van der Waals surface area contributed by atoms with E-state index in [-0.39, 0.29) is 5.75 Å². The van der Waals surface area contributed by atoms with Crippen molar-refractivity contribution in [1.82, 2.24) is 0 Å². The summed E-state index contributed by atoms with van der Waals surface area (Å²) in [5, 5.41) is 0. The van der Waals surface area contributed by atoms with Gasteiger partial charge in [0, 0.05) is 11.4 Å². The number of nitrogens with two attached hydrogens (primary N) is 1. The fraction of sp³-hybridized carbons (Fsp3) is 0.200. The Morgan fingerprint density at radius 2 is 1.45 bits per heavy atom. The molecule has 0 radical (unpaired) electrons. The molecule has 106 valence electrons. The molecule has 3 N–H and O–H groups in total. The minimum atomic E-state index is -3.21. The lowest BCUT2D eigenvalue weighted by molar-refractivity contribution is 0.602. The minimum absolute atomic E-state index is 0.0696. The molecule has 5 heteroatoms. The molecule has 0 aliphatic carbocycles. The Balaban J connectivity index is 2.07. The summed E-state index contributed by atoms with van der Waals surface area (Å²) in [6.07, 6.45) is 0.793. The lowest BCUT2D eigenvalue weighted by Gasteiger charge is -2.07. The third kappa shape index (κ3) is 3.99. The van der Waals surface area contributed by atoms with E-state index in [2.05, 4.69) is 4.72 Å². The van der Waals surface area contributed by atoms with Gasteiger partial charge in [-0.25, -0.2) is 8.42 Å². The van der Waals surface area contributed by atoms with E-state index in [0.29, 0.717) is 5.69 Å². The van der Waals surface area contributed by atoms with Gasteiger partial charge in [0.2, 0.25) is 10.0 Å². The largest absolute Gasteiger partial charge is 0.399 e. The van der Waals surface area contributed by atoms with E-state index in [9.17, 15) is 8.42 Å². The zero-order valence-electron chi connectivity index (χ0n) is 11.3. The molecule has 20 heavy (non-hydrogen) atoms. The highest BCUT2D eigenvalue weighted by atomic mass is 32.2. The van der Waals surface area contributed by atoms with Crippen molar-refractivity contribution in [2.24, 2.45) is 0 Å². The number of hydrogen-bond donors (Lipinski definition) is 2. The maximum atomic E-state index is 11.5. The zero-order valence-corrected chi connectivity index (χ0v) is 12.2. The molecule has 0 saturated carbocycles. The topological polar surface area (TPSA) is 72.2 Å². The van der Waals surface area contributed by atoms with Crippen LogP contribution in [0.15, 0.2) is 48.5 Å². The Morgan fingerprint density at radius 3 is 1.95 bits per heavy atom. The summed E-state index contributed by atoms with van der Waals surface area (Å²) in [6.45, 7) is 1.61. The van der Waals surface area contributed by atoms with E-state index >= 15 is 0 Å². The van der Waals surface area contributed by atoms with Crippen LogP contribution in [0.3, 0.4) is 0 Å². The zero-order chi connectivity index (χ0) is 14.6. The second kappa shape index (κ2) is 5.96. The quantitative estimate of drug-likeness (QED) is 0.831. The van der Waals surface area contributed by atoms with Crippen LogP contribution in [0.4, 0.5) is 11.4 Å². The highest BCUT2D eigenvalue weighted by molar-refractivity contribution is 7.92. The third-order valence-electron chi connectivity index (χ3n) is 3.00. The van der Waals surface area contributed by atoms with Crippen molar-refractivity contribution in [1.29, 1.82) is 0 Å². The Hall–Kier alpha value is -2.01. The summed E-state index contributed by atoms with van der Waals surface area (Å²) >= 11 is 0. The predicted molar refractivity (Wildman–Crippen MR) is 83.2 cm³/mol. The normalized spacial score (nSPS) is 11.2. The summed E-state index contributed by atoms with van der Waals surface area (Å²) in [5.41, 5.74) is 9.27. The van der Waals surface area contributed by atoms with Crippen LogP contribution in [0.25, 0.3) is 0 Å². The molecular weight excluding hydrogens is 272 g/mol. The van der Waals surface area contributed by atoms with Crippen LogP contribution < -0.4 is 10.5 Å². The number of hydrogen-bond acceptors (Lipinski definition) is 3. The van der Waals surface area contributed by atoms with Crippen molar-refractivity contribution < 1.29 is 8.42 Å². The Morgan fingerprint density at radius 1 is 0.950 bits per heavy atom. The number of nitrogens with one attached hydrogen (secondary N) is 1. The molecule has 0 unspecified atom stereocenters. The Bertz CT molecular complexity index is 662. The van der Waals surface area contributed by atoms with Gasteiger partial charge in [0.1, 0.15) is 0 Å².